The number of aliphatic carboxylic acids is 1. The molecule has 5 nitrogen and oxygen atoms in total. The second-order valence-corrected chi connectivity index (χ2v) is 9.60. The van der Waals surface area contributed by atoms with Crippen LogP contribution in [0.5, 0.6) is 0 Å². The number of thioether (sulfide) groups is 1. The monoisotopic (exact) mass is 447 g/mol. The van der Waals surface area contributed by atoms with Gasteiger partial charge in [0.2, 0.25) is 0 Å². The minimum absolute atomic E-state index is 0.156. The van der Waals surface area contributed by atoms with Crippen molar-refractivity contribution in [3.63, 3.8) is 0 Å². The summed E-state index contributed by atoms with van der Waals surface area (Å²) in [6.45, 7) is 2.12. The smallest absolute Gasteiger partial charge is 0.321 e. The average Bonchev–Trinajstić information content (AvgIpc) is 2.74. The van der Waals surface area contributed by atoms with Crippen LogP contribution in [0.1, 0.15) is 122 Å². The van der Waals surface area contributed by atoms with Crippen LogP contribution < -0.4 is 5.32 Å². The fraction of sp³-hybridized carbons (Fsp3) is 0.958. The lowest BCUT2D eigenvalue weighted by Crippen LogP contribution is -2.39. The van der Waals surface area contributed by atoms with E-state index in [1.165, 1.54) is 109 Å². The highest BCUT2D eigenvalue weighted by atomic mass is 32.2. The maximum Gasteiger partial charge on any atom is 0.321 e. The van der Waals surface area contributed by atoms with E-state index in [1.807, 2.05) is 0 Å². The highest BCUT2D eigenvalue weighted by molar-refractivity contribution is 7.99. The minimum Gasteiger partial charge on any atom is -0.480 e. The lowest BCUT2D eigenvalue weighted by molar-refractivity contribution is -0.248. The molecule has 0 aliphatic rings. The molecule has 0 saturated carbocycles. The van der Waals surface area contributed by atoms with Crippen LogP contribution in [0.3, 0.4) is 0 Å². The Hall–Kier alpha value is -0.300. The zero-order chi connectivity index (χ0) is 22.1. The average molecular weight is 448 g/mol. The van der Waals surface area contributed by atoms with Crippen molar-refractivity contribution in [3.8, 4) is 0 Å². The summed E-state index contributed by atoms with van der Waals surface area (Å²) < 4.78 is 0. The van der Waals surface area contributed by atoms with Gasteiger partial charge in [-0.3, -0.25) is 15.4 Å². The molecule has 0 rings (SSSR count). The summed E-state index contributed by atoms with van der Waals surface area (Å²) in [5, 5.41) is 20.0. The number of carbonyl (C=O) groups is 1. The van der Waals surface area contributed by atoms with Crippen molar-refractivity contribution in [1.29, 1.82) is 0 Å². The zero-order valence-electron chi connectivity index (χ0n) is 19.5. The van der Waals surface area contributed by atoms with E-state index in [4.69, 9.17) is 10.4 Å². The van der Waals surface area contributed by atoms with E-state index in [2.05, 4.69) is 17.1 Å². The molecule has 0 aliphatic carbocycles. The van der Waals surface area contributed by atoms with Crippen LogP contribution in [0.4, 0.5) is 0 Å². The van der Waals surface area contributed by atoms with E-state index in [9.17, 15) is 4.79 Å². The fourth-order valence-electron chi connectivity index (χ4n) is 3.66. The number of hydrogen-bond acceptors (Lipinski definition) is 5. The van der Waals surface area contributed by atoms with Gasteiger partial charge >= 0.3 is 5.97 Å². The standard InChI is InChI=1S/C24H49NO4S/c1-2-3-4-5-6-7-8-9-10-11-12-13-14-15-16-17-18-19-20-30-21-23(24(26)27)25-22-29-28/h23,25,28H,2-22H2,1H3,(H,26,27). The molecular formula is C24H49NO4S. The molecule has 0 aromatic heterocycles. The number of unbranched alkanes of at least 4 members (excludes halogenated alkanes) is 17. The van der Waals surface area contributed by atoms with Gasteiger partial charge in [0.25, 0.3) is 0 Å². The minimum atomic E-state index is -0.905. The Morgan fingerprint density at radius 2 is 1.17 bits per heavy atom. The Balaban J connectivity index is 3.18. The summed E-state index contributed by atoms with van der Waals surface area (Å²) in [6, 6.07) is -0.669. The SMILES string of the molecule is CCCCCCCCCCCCCCCCCCCCSCC(NCOO)C(=O)O. The van der Waals surface area contributed by atoms with Crippen LogP contribution in [0.25, 0.3) is 0 Å². The van der Waals surface area contributed by atoms with E-state index < -0.39 is 12.0 Å². The largest absolute Gasteiger partial charge is 0.480 e. The normalized spacial score (nSPS) is 12.3. The van der Waals surface area contributed by atoms with Gasteiger partial charge in [0.15, 0.2) is 0 Å². The first kappa shape index (κ1) is 29.7. The van der Waals surface area contributed by atoms with Gasteiger partial charge in [-0.25, -0.2) is 4.89 Å². The van der Waals surface area contributed by atoms with Gasteiger partial charge < -0.3 is 5.11 Å². The van der Waals surface area contributed by atoms with Gasteiger partial charge in [-0.1, -0.05) is 116 Å². The first-order chi connectivity index (χ1) is 14.7. The van der Waals surface area contributed by atoms with E-state index >= 15 is 0 Å². The van der Waals surface area contributed by atoms with Crippen molar-refractivity contribution in [2.45, 2.75) is 129 Å². The number of hydrogen-bond donors (Lipinski definition) is 3. The summed E-state index contributed by atoms with van der Waals surface area (Å²) in [5.41, 5.74) is 0. The molecule has 3 N–H and O–H groups in total. The Morgan fingerprint density at radius 3 is 1.53 bits per heavy atom. The fourth-order valence-corrected chi connectivity index (χ4v) is 4.73. The summed E-state index contributed by atoms with van der Waals surface area (Å²) >= 11 is 1.65. The first-order valence-electron chi connectivity index (χ1n) is 12.5. The second kappa shape index (κ2) is 25.0. The van der Waals surface area contributed by atoms with Gasteiger partial charge in [0.05, 0.1) is 0 Å². The van der Waals surface area contributed by atoms with Crippen molar-refractivity contribution in [2.75, 3.05) is 18.2 Å². The second-order valence-electron chi connectivity index (χ2n) is 8.45. The summed E-state index contributed by atoms with van der Waals surface area (Å²) in [7, 11) is 0. The van der Waals surface area contributed by atoms with Gasteiger partial charge in [0.1, 0.15) is 12.8 Å². The third kappa shape index (κ3) is 22.4. The molecule has 180 valence electrons. The van der Waals surface area contributed by atoms with Gasteiger partial charge in [-0.15, -0.1) is 0 Å². The predicted octanol–water partition coefficient (Wildman–Crippen LogP) is 7.25. The van der Waals surface area contributed by atoms with Crippen molar-refractivity contribution in [3.05, 3.63) is 0 Å². The molecule has 1 atom stereocenters. The molecule has 0 spiro atoms. The molecular weight excluding hydrogens is 398 g/mol. The van der Waals surface area contributed by atoms with Crippen molar-refractivity contribution >= 4 is 17.7 Å². The van der Waals surface area contributed by atoms with Crippen molar-refractivity contribution in [2.24, 2.45) is 0 Å². The maximum absolute atomic E-state index is 11.0. The van der Waals surface area contributed by atoms with Crippen LogP contribution in [0, 0.1) is 0 Å². The summed E-state index contributed by atoms with van der Waals surface area (Å²) in [5.74, 6) is 0.583. The molecule has 1 unspecified atom stereocenters. The lowest BCUT2D eigenvalue weighted by atomic mass is 10.0. The Bertz CT molecular complexity index is 358. The third-order valence-electron chi connectivity index (χ3n) is 5.62. The van der Waals surface area contributed by atoms with Gasteiger partial charge in [-0.2, -0.15) is 11.8 Å². The predicted molar refractivity (Wildman–Crippen MR) is 129 cm³/mol. The number of carboxylic acid groups (broad SMARTS) is 1. The van der Waals surface area contributed by atoms with Crippen LogP contribution >= 0.6 is 11.8 Å². The highest BCUT2D eigenvalue weighted by Gasteiger charge is 2.16. The van der Waals surface area contributed by atoms with Crippen LogP contribution in [-0.2, 0) is 9.68 Å². The summed E-state index contributed by atoms with van der Waals surface area (Å²) in [6.07, 6.45) is 24.8. The van der Waals surface area contributed by atoms with Gasteiger partial charge in [-0.05, 0) is 12.2 Å². The Labute approximate surface area is 190 Å². The van der Waals surface area contributed by atoms with Crippen LogP contribution in [0.2, 0.25) is 0 Å². The first-order valence-corrected chi connectivity index (χ1v) is 13.7. The molecule has 0 aliphatic heterocycles. The molecule has 0 aromatic rings. The molecule has 6 heteroatoms. The molecule has 0 heterocycles. The van der Waals surface area contributed by atoms with E-state index in [-0.39, 0.29) is 6.73 Å². The topological polar surface area (TPSA) is 78.8 Å². The van der Waals surface area contributed by atoms with E-state index in [1.54, 1.807) is 11.8 Å². The van der Waals surface area contributed by atoms with Gasteiger partial charge in [0, 0.05) is 5.75 Å². The molecule has 0 aromatic carbocycles. The number of carboxylic acids is 1. The molecule has 0 saturated heterocycles. The molecule has 0 radical (unpaired) electrons. The van der Waals surface area contributed by atoms with Crippen molar-refractivity contribution < 1.29 is 20.0 Å². The molecule has 0 fully saturated rings. The van der Waals surface area contributed by atoms with E-state index in [0.717, 1.165) is 12.2 Å². The van der Waals surface area contributed by atoms with Crippen LogP contribution in [0.15, 0.2) is 0 Å². The zero-order valence-corrected chi connectivity index (χ0v) is 20.4. The van der Waals surface area contributed by atoms with E-state index in [0.29, 0.717) is 5.75 Å². The maximum atomic E-state index is 11.0. The quantitative estimate of drug-likeness (QED) is 0.0592. The Morgan fingerprint density at radius 1 is 0.767 bits per heavy atom. The number of rotatable bonds is 25. The highest BCUT2D eigenvalue weighted by Crippen LogP contribution is 2.15. The number of nitrogens with one attached hydrogen (secondary N) is 1. The molecule has 0 amide bonds. The Kier molecular flexibility index (Phi) is 24.7. The van der Waals surface area contributed by atoms with Crippen molar-refractivity contribution in [1.82, 2.24) is 5.32 Å². The molecule has 30 heavy (non-hydrogen) atoms. The van der Waals surface area contributed by atoms with Crippen LogP contribution in [-0.4, -0.2) is 40.6 Å². The molecule has 0 bridgehead atoms. The lowest BCUT2D eigenvalue weighted by Gasteiger charge is -2.12. The third-order valence-corrected chi connectivity index (χ3v) is 6.77. The summed E-state index contributed by atoms with van der Waals surface area (Å²) in [4.78, 5) is 14.9.